The number of amides is 2. The second-order valence-corrected chi connectivity index (χ2v) is 6.52. The van der Waals surface area contributed by atoms with Gasteiger partial charge in [-0.3, -0.25) is 9.59 Å². The first-order valence-corrected chi connectivity index (χ1v) is 9.25. The summed E-state index contributed by atoms with van der Waals surface area (Å²) < 4.78 is 0. The smallest absolute Gasteiger partial charge is 0.227 e. The van der Waals surface area contributed by atoms with Gasteiger partial charge >= 0.3 is 0 Å². The minimum atomic E-state index is 0.0286. The molecule has 2 amide bonds. The lowest BCUT2D eigenvalue weighted by Gasteiger charge is -2.23. The molecule has 0 atom stereocenters. The lowest BCUT2D eigenvalue weighted by atomic mass is 10.1. The van der Waals surface area contributed by atoms with Crippen molar-refractivity contribution in [1.82, 2.24) is 5.32 Å². The van der Waals surface area contributed by atoms with Crippen molar-refractivity contribution in [1.29, 1.82) is 0 Å². The Morgan fingerprint density at radius 3 is 2.35 bits per heavy atom. The highest BCUT2D eigenvalue weighted by atomic mass is 16.2. The van der Waals surface area contributed by atoms with Gasteiger partial charge in [-0.1, -0.05) is 55.8 Å². The van der Waals surface area contributed by atoms with Crippen LogP contribution in [-0.2, 0) is 22.6 Å². The minimum absolute atomic E-state index is 0.0286. The summed E-state index contributed by atoms with van der Waals surface area (Å²) in [4.78, 5) is 26.1. The summed E-state index contributed by atoms with van der Waals surface area (Å²) in [5.41, 5.74) is 4.09. The Labute approximate surface area is 156 Å². The maximum Gasteiger partial charge on any atom is 0.227 e. The Kier molecular flexibility index (Phi) is 7.39. The summed E-state index contributed by atoms with van der Waals surface area (Å²) in [5.74, 6) is 0.112. The Hall–Kier alpha value is -2.62. The summed E-state index contributed by atoms with van der Waals surface area (Å²) in [6.07, 6.45) is 1.74. The summed E-state index contributed by atoms with van der Waals surface area (Å²) in [6.45, 7) is 7.20. The van der Waals surface area contributed by atoms with Crippen LogP contribution >= 0.6 is 0 Å². The summed E-state index contributed by atoms with van der Waals surface area (Å²) in [6, 6.07) is 15.9. The monoisotopic (exact) mass is 352 g/mol. The number of carbonyl (C=O) groups is 2. The molecule has 0 heterocycles. The molecule has 0 aliphatic rings. The van der Waals surface area contributed by atoms with Gasteiger partial charge in [0.2, 0.25) is 11.8 Å². The fraction of sp³-hybridized carbons (Fsp3) is 0.364. The number of nitrogens with one attached hydrogen (secondary N) is 1. The predicted molar refractivity (Wildman–Crippen MR) is 106 cm³/mol. The highest BCUT2D eigenvalue weighted by Gasteiger charge is 2.15. The Balaban J connectivity index is 2.13. The van der Waals surface area contributed by atoms with Crippen molar-refractivity contribution < 1.29 is 9.59 Å². The molecule has 0 bridgehead atoms. The number of hydrogen-bond donors (Lipinski definition) is 1. The van der Waals surface area contributed by atoms with Gasteiger partial charge in [0.05, 0.1) is 13.0 Å². The van der Waals surface area contributed by atoms with Crippen LogP contribution in [0.1, 0.15) is 43.4 Å². The fourth-order valence-corrected chi connectivity index (χ4v) is 2.81. The average Bonchev–Trinajstić information content (AvgIpc) is 2.64. The zero-order chi connectivity index (χ0) is 18.9. The van der Waals surface area contributed by atoms with Gasteiger partial charge in [0.15, 0.2) is 0 Å². The second-order valence-electron chi connectivity index (χ2n) is 6.52. The highest BCUT2D eigenvalue weighted by molar-refractivity contribution is 5.93. The molecule has 0 radical (unpaired) electrons. The van der Waals surface area contributed by atoms with Crippen LogP contribution in [0, 0.1) is 6.92 Å². The van der Waals surface area contributed by atoms with Gasteiger partial charge in [0, 0.05) is 18.7 Å². The van der Waals surface area contributed by atoms with Crippen LogP contribution in [0.25, 0.3) is 0 Å². The molecule has 26 heavy (non-hydrogen) atoms. The first-order chi connectivity index (χ1) is 12.5. The van der Waals surface area contributed by atoms with E-state index in [0.717, 1.165) is 23.2 Å². The van der Waals surface area contributed by atoms with Gasteiger partial charge in [0.25, 0.3) is 0 Å². The largest absolute Gasteiger partial charge is 0.356 e. The van der Waals surface area contributed by atoms with Crippen LogP contribution in [0.15, 0.2) is 48.5 Å². The molecule has 138 valence electrons. The fourth-order valence-electron chi connectivity index (χ4n) is 2.81. The molecule has 0 aliphatic carbocycles. The van der Waals surface area contributed by atoms with E-state index in [1.165, 1.54) is 5.56 Å². The number of nitrogens with zero attached hydrogens (tertiary/aromatic N) is 1. The maximum absolute atomic E-state index is 12.4. The van der Waals surface area contributed by atoms with Gasteiger partial charge in [-0.05, 0) is 36.6 Å². The average molecular weight is 352 g/mol. The van der Waals surface area contributed by atoms with Crippen molar-refractivity contribution in [2.24, 2.45) is 0 Å². The van der Waals surface area contributed by atoms with Gasteiger partial charge in [-0.15, -0.1) is 0 Å². The van der Waals surface area contributed by atoms with Crippen LogP contribution in [0.4, 0.5) is 5.69 Å². The molecule has 4 nitrogen and oxygen atoms in total. The molecule has 0 saturated heterocycles. The molecule has 1 N–H and O–H groups in total. The second kappa shape index (κ2) is 9.76. The van der Waals surface area contributed by atoms with E-state index < -0.39 is 0 Å². The van der Waals surface area contributed by atoms with Crippen molar-refractivity contribution in [3.63, 3.8) is 0 Å². The van der Waals surface area contributed by atoms with Crippen molar-refractivity contribution in [2.75, 3.05) is 11.4 Å². The van der Waals surface area contributed by atoms with Crippen LogP contribution < -0.4 is 10.2 Å². The molecule has 2 aromatic carbocycles. The Bertz CT molecular complexity index is 738. The van der Waals surface area contributed by atoms with Gasteiger partial charge < -0.3 is 10.2 Å². The molecule has 0 saturated carbocycles. The number of carbonyl (C=O) groups excluding carboxylic acids is 2. The zero-order valence-corrected chi connectivity index (χ0v) is 15.9. The predicted octanol–water partition coefficient (Wildman–Crippen LogP) is 4.01. The molecule has 0 spiro atoms. The Morgan fingerprint density at radius 1 is 1.00 bits per heavy atom. The first-order valence-electron chi connectivity index (χ1n) is 9.25. The van der Waals surface area contributed by atoms with E-state index in [-0.39, 0.29) is 11.8 Å². The third-order valence-corrected chi connectivity index (χ3v) is 4.21. The van der Waals surface area contributed by atoms with Gasteiger partial charge in [0.1, 0.15) is 0 Å². The third-order valence-electron chi connectivity index (χ3n) is 4.21. The van der Waals surface area contributed by atoms with Gasteiger partial charge in [-0.25, -0.2) is 0 Å². The van der Waals surface area contributed by atoms with Gasteiger partial charge in [-0.2, -0.15) is 0 Å². The van der Waals surface area contributed by atoms with Crippen molar-refractivity contribution in [2.45, 2.75) is 46.6 Å². The standard InChI is InChI=1S/C22H28N2O2/c1-4-13-23-21(25)15-18-9-11-20(12-10-18)24(22(26)5-2)16-19-8-6-7-17(3)14-19/h6-12,14H,4-5,13,15-16H2,1-3H3,(H,23,25). The van der Waals surface area contributed by atoms with E-state index in [1.54, 1.807) is 4.90 Å². The quantitative estimate of drug-likeness (QED) is 0.780. The molecule has 2 rings (SSSR count). The lowest BCUT2D eigenvalue weighted by molar-refractivity contribution is -0.120. The van der Waals surface area contributed by atoms with E-state index >= 15 is 0 Å². The molecule has 0 aliphatic heterocycles. The van der Waals surface area contributed by atoms with E-state index in [2.05, 4.69) is 11.4 Å². The summed E-state index contributed by atoms with van der Waals surface area (Å²) in [7, 11) is 0. The van der Waals surface area contributed by atoms with Crippen molar-refractivity contribution in [3.05, 3.63) is 65.2 Å². The minimum Gasteiger partial charge on any atom is -0.356 e. The highest BCUT2D eigenvalue weighted by Crippen LogP contribution is 2.20. The first kappa shape index (κ1) is 19.7. The molecule has 0 fully saturated rings. The van der Waals surface area contributed by atoms with Crippen LogP contribution in [0.3, 0.4) is 0 Å². The zero-order valence-electron chi connectivity index (χ0n) is 15.9. The number of hydrogen-bond acceptors (Lipinski definition) is 2. The molecule has 0 aromatic heterocycles. The van der Waals surface area contributed by atoms with E-state index in [9.17, 15) is 9.59 Å². The van der Waals surface area contributed by atoms with E-state index in [4.69, 9.17) is 0 Å². The van der Waals surface area contributed by atoms with Crippen molar-refractivity contribution in [3.8, 4) is 0 Å². The maximum atomic E-state index is 12.4. The van der Waals surface area contributed by atoms with Crippen molar-refractivity contribution >= 4 is 17.5 Å². The molecular formula is C22H28N2O2. The van der Waals surface area contributed by atoms with Crippen LogP contribution in [0.2, 0.25) is 0 Å². The lowest BCUT2D eigenvalue weighted by Crippen LogP contribution is -2.29. The molecule has 0 unspecified atom stereocenters. The number of anilines is 1. The normalized spacial score (nSPS) is 10.4. The Morgan fingerprint density at radius 2 is 1.73 bits per heavy atom. The summed E-state index contributed by atoms with van der Waals surface area (Å²) in [5, 5.41) is 2.88. The van der Waals surface area contributed by atoms with E-state index in [0.29, 0.717) is 25.9 Å². The molecule has 2 aromatic rings. The van der Waals surface area contributed by atoms with E-state index in [1.807, 2.05) is 63.2 Å². The summed E-state index contributed by atoms with van der Waals surface area (Å²) >= 11 is 0. The number of aryl methyl sites for hydroxylation is 1. The number of benzene rings is 2. The topological polar surface area (TPSA) is 49.4 Å². The SMILES string of the molecule is CCCNC(=O)Cc1ccc(N(Cc2cccc(C)c2)C(=O)CC)cc1. The van der Waals surface area contributed by atoms with Crippen LogP contribution in [0.5, 0.6) is 0 Å². The molecular weight excluding hydrogens is 324 g/mol. The molecule has 4 heteroatoms. The number of rotatable bonds is 8. The van der Waals surface area contributed by atoms with Crippen LogP contribution in [-0.4, -0.2) is 18.4 Å². The third kappa shape index (κ3) is 5.73.